The smallest absolute Gasteiger partial charge is 0.306 e. The molecule has 1 atom stereocenters. The highest BCUT2D eigenvalue weighted by Gasteiger charge is 2.19. The zero-order valence-corrected chi connectivity index (χ0v) is 52.1. The summed E-state index contributed by atoms with van der Waals surface area (Å²) in [6.07, 6.45) is 90.2. The minimum absolute atomic E-state index is 0.0775. The van der Waals surface area contributed by atoms with Crippen LogP contribution in [0.1, 0.15) is 329 Å². The van der Waals surface area contributed by atoms with E-state index >= 15 is 0 Å². The molecule has 0 rings (SSSR count). The number of allylic oxidation sites excluding steroid dienone is 16. The van der Waals surface area contributed by atoms with Gasteiger partial charge in [-0.3, -0.25) is 14.4 Å². The molecule has 6 nitrogen and oxygen atoms in total. The van der Waals surface area contributed by atoms with Crippen molar-refractivity contribution in [2.24, 2.45) is 0 Å². The van der Waals surface area contributed by atoms with Crippen molar-refractivity contribution in [2.75, 3.05) is 13.2 Å². The highest BCUT2D eigenvalue weighted by molar-refractivity contribution is 5.71. The summed E-state index contributed by atoms with van der Waals surface area (Å²) in [4.78, 5) is 38.1. The zero-order chi connectivity index (χ0) is 57.1. The molecule has 0 heterocycles. The lowest BCUT2D eigenvalue weighted by Gasteiger charge is -2.18. The Hall–Kier alpha value is -3.67. The van der Waals surface area contributed by atoms with Crippen LogP contribution in [0.15, 0.2) is 97.2 Å². The summed E-state index contributed by atoms with van der Waals surface area (Å²) < 4.78 is 16.9. The minimum Gasteiger partial charge on any atom is -0.462 e. The number of carbonyl (C=O) groups is 3. The third kappa shape index (κ3) is 65.0. The van der Waals surface area contributed by atoms with Gasteiger partial charge in [0.2, 0.25) is 0 Å². The third-order valence-corrected chi connectivity index (χ3v) is 14.6. The van der Waals surface area contributed by atoms with E-state index in [9.17, 15) is 14.4 Å². The Labute approximate surface area is 489 Å². The van der Waals surface area contributed by atoms with Crippen LogP contribution in [0.3, 0.4) is 0 Å². The van der Waals surface area contributed by atoms with Crippen molar-refractivity contribution >= 4 is 17.9 Å². The molecular weight excluding hydrogens is 973 g/mol. The topological polar surface area (TPSA) is 78.9 Å². The molecule has 0 saturated heterocycles. The maximum Gasteiger partial charge on any atom is 0.306 e. The van der Waals surface area contributed by atoms with Gasteiger partial charge in [0.25, 0.3) is 0 Å². The van der Waals surface area contributed by atoms with Gasteiger partial charge >= 0.3 is 17.9 Å². The van der Waals surface area contributed by atoms with Crippen molar-refractivity contribution in [3.8, 4) is 0 Å². The summed E-state index contributed by atoms with van der Waals surface area (Å²) in [5.74, 6) is -0.880. The Bertz CT molecular complexity index is 1540. The van der Waals surface area contributed by atoms with Crippen molar-refractivity contribution < 1.29 is 28.6 Å². The molecule has 0 aromatic carbocycles. The summed E-state index contributed by atoms with van der Waals surface area (Å²) in [5, 5.41) is 0. The van der Waals surface area contributed by atoms with Crippen LogP contribution in [0.5, 0.6) is 0 Å². The maximum atomic E-state index is 12.9. The van der Waals surface area contributed by atoms with Crippen LogP contribution in [-0.4, -0.2) is 37.2 Å². The fraction of sp³-hybridized carbons (Fsp3) is 0.740. The second-order valence-electron chi connectivity index (χ2n) is 22.4. The molecule has 0 aliphatic carbocycles. The predicted octanol–water partition coefficient (Wildman–Crippen LogP) is 23.2. The van der Waals surface area contributed by atoms with Crippen molar-refractivity contribution in [2.45, 2.75) is 335 Å². The predicted molar refractivity (Wildman–Crippen MR) is 344 cm³/mol. The summed E-state index contributed by atoms with van der Waals surface area (Å²) >= 11 is 0. The van der Waals surface area contributed by atoms with E-state index in [0.717, 1.165) is 109 Å². The number of carbonyl (C=O) groups excluding carboxylic acids is 3. The number of ether oxygens (including phenoxy) is 3. The average Bonchev–Trinajstić information content (AvgIpc) is 3.45. The van der Waals surface area contributed by atoms with E-state index in [-0.39, 0.29) is 31.1 Å². The van der Waals surface area contributed by atoms with Crippen molar-refractivity contribution in [3.05, 3.63) is 97.2 Å². The molecule has 0 N–H and O–H groups in total. The minimum atomic E-state index is -0.779. The standard InChI is InChI=1S/C73H126O6/c1-4-7-10-13-16-18-20-22-24-26-28-30-32-33-34-35-36-37-38-39-41-42-44-46-48-50-52-54-57-60-63-66-72(75)78-69-70(68-77-71(74)65-62-59-56-15-12-9-6-3)79-73(76)67-64-61-58-55-53-51-49-47-45-43-40-31-29-27-25-23-21-19-17-14-11-8-5-2/h7,10,16,18,21-24,27-30,33-34,40,43,70H,4-6,8-9,11-15,17,19-20,25-26,31-32,35-39,41-42,44-69H2,1-3H3/b10-7-,18-16-,23-21-,24-22-,29-27-,30-28-,34-33-,43-40-. The van der Waals surface area contributed by atoms with E-state index in [1.165, 1.54) is 180 Å². The van der Waals surface area contributed by atoms with Gasteiger partial charge in [-0.1, -0.05) is 304 Å². The van der Waals surface area contributed by atoms with Crippen LogP contribution < -0.4 is 0 Å². The molecule has 0 spiro atoms. The molecule has 6 heteroatoms. The first-order valence-corrected chi connectivity index (χ1v) is 33.7. The number of rotatable bonds is 61. The fourth-order valence-electron chi connectivity index (χ4n) is 9.54. The molecule has 0 aliphatic rings. The Morgan fingerprint density at radius 2 is 0.494 bits per heavy atom. The normalized spacial score (nSPS) is 12.7. The molecule has 0 aliphatic heterocycles. The van der Waals surface area contributed by atoms with Gasteiger partial charge in [0, 0.05) is 19.3 Å². The van der Waals surface area contributed by atoms with Crippen molar-refractivity contribution in [1.29, 1.82) is 0 Å². The van der Waals surface area contributed by atoms with Crippen LogP contribution in [-0.2, 0) is 28.6 Å². The number of hydrogen-bond donors (Lipinski definition) is 0. The van der Waals surface area contributed by atoms with Gasteiger partial charge in [-0.2, -0.15) is 0 Å². The lowest BCUT2D eigenvalue weighted by molar-refractivity contribution is -0.167. The lowest BCUT2D eigenvalue weighted by atomic mass is 10.0. The molecule has 0 aromatic heterocycles. The molecule has 0 saturated carbocycles. The van der Waals surface area contributed by atoms with Gasteiger partial charge in [0.1, 0.15) is 13.2 Å². The van der Waals surface area contributed by atoms with Gasteiger partial charge < -0.3 is 14.2 Å². The van der Waals surface area contributed by atoms with Crippen LogP contribution in [0.25, 0.3) is 0 Å². The Morgan fingerprint density at radius 1 is 0.266 bits per heavy atom. The molecule has 0 amide bonds. The average molecular weight is 1100 g/mol. The summed E-state index contributed by atoms with van der Waals surface area (Å²) in [6, 6.07) is 0. The van der Waals surface area contributed by atoms with Gasteiger partial charge in [-0.05, 0) is 103 Å². The second-order valence-corrected chi connectivity index (χ2v) is 22.4. The largest absolute Gasteiger partial charge is 0.462 e. The molecule has 79 heavy (non-hydrogen) atoms. The second kappa shape index (κ2) is 66.8. The first kappa shape index (κ1) is 75.3. The number of unbranched alkanes of at least 4 members (excludes halogenated alkanes) is 34. The quantitative estimate of drug-likeness (QED) is 0.0261. The number of hydrogen-bond acceptors (Lipinski definition) is 6. The summed E-state index contributed by atoms with van der Waals surface area (Å²) in [6.45, 7) is 6.50. The summed E-state index contributed by atoms with van der Waals surface area (Å²) in [7, 11) is 0. The van der Waals surface area contributed by atoms with Crippen LogP contribution in [0, 0.1) is 0 Å². The molecule has 0 aromatic rings. The Kier molecular flexibility index (Phi) is 63.7. The van der Waals surface area contributed by atoms with E-state index in [2.05, 4.69) is 118 Å². The van der Waals surface area contributed by atoms with E-state index in [4.69, 9.17) is 14.2 Å². The first-order valence-electron chi connectivity index (χ1n) is 33.7. The number of esters is 3. The molecule has 1 unspecified atom stereocenters. The van der Waals surface area contributed by atoms with E-state index in [1.807, 2.05) is 0 Å². The molecule has 0 radical (unpaired) electrons. The fourth-order valence-corrected chi connectivity index (χ4v) is 9.54. The third-order valence-electron chi connectivity index (χ3n) is 14.6. The molecule has 0 bridgehead atoms. The van der Waals surface area contributed by atoms with Crippen molar-refractivity contribution in [1.82, 2.24) is 0 Å². The van der Waals surface area contributed by atoms with Gasteiger partial charge in [-0.15, -0.1) is 0 Å². The SMILES string of the molecule is CC/C=C\C/C=C\C/C=C\C/C=C\C/C=C\CCCCCCCCCCCCCCCCCC(=O)OCC(COC(=O)CCCCCCCCC)OC(=O)CCCCCCCCCC/C=C\C/C=C\C/C=C\CCCCCCC. The van der Waals surface area contributed by atoms with E-state index in [1.54, 1.807) is 0 Å². The first-order chi connectivity index (χ1) is 39.0. The highest BCUT2D eigenvalue weighted by Crippen LogP contribution is 2.17. The molecule has 0 fully saturated rings. The maximum absolute atomic E-state index is 12.9. The molecule has 454 valence electrons. The zero-order valence-electron chi connectivity index (χ0n) is 52.1. The Balaban J connectivity index is 4.09. The molecular formula is C73H126O6. The van der Waals surface area contributed by atoms with Crippen LogP contribution in [0.2, 0.25) is 0 Å². The van der Waals surface area contributed by atoms with Crippen LogP contribution >= 0.6 is 0 Å². The monoisotopic (exact) mass is 1100 g/mol. The summed E-state index contributed by atoms with van der Waals surface area (Å²) in [5.41, 5.74) is 0. The van der Waals surface area contributed by atoms with E-state index in [0.29, 0.717) is 19.3 Å². The van der Waals surface area contributed by atoms with Gasteiger partial charge in [0.15, 0.2) is 6.10 Å². The lowest BCUT2D eigenvalue weighted by Crippen LogP contribution is -2.30. The van der Waals surface area contributed by atoms with Gasteiger partial charge in [-0.25, -0.2) is 0 Å². The van der Waals surface area contributed by atoms with Crippen LogP contribution in [0.4, 0.5) is 0 Å². The highest BCUT2D eigenvalue weighted by atomic mass is 16.6. The Morgan fingerprint density at radius 3 is 0.772 bits per heavy atom. The van der Waals surface area contributed by atoms with E-state index < -0.39 is 6.10 Å². The van der Waals surface area contributed by atoms with Crippen molar-refractivity contribution in [3.63, 3.8) is 0 Å². The van der Waals surface area contributed by atoms with Gasteiger partial charge in [0.05, 0.1) is 0 Å².